The summed E-state index contributed by atoms with van der Waals surface area (Å²) >= 11 is 0. The van der Waals surface area contributed by atoms with Gasteiger partial charge in [-0.15, -0.1) is 0 Å². The van der Waals surface area contributed by atoms with Crippen LogP contribution in [-0.4, -0.2) is 23.2 Å². The Bertz CT molecular complexity index is 288. The van der Waals surface area contributed by atoms with Gasteiger partial charge in [0.1, 0.15) is 0 Å². The van der Waals surface area contributed by atoms with Crippen molar-refractivity contribution in [2.75, 3.05) is 6.54 Å². The molecule has 3 heteroatoms. The molecule has 0 aliphatic heterocycles. The molecule has 1 saturated carbocycles. The Labute approximate surface area is 104 Å². The molecule has 3 nitrogen and oxygen atoms in total. The van der Waals surface area contributed by atoms with Crippen molar-refractivity contribution < 1.29 is 9.90 Å². The van der Waals surface area contributed by atoms with E-state index in [4.69, 9.17) is 5.11 Å². The van der Waals surface area contributed by atoms with Crippen LogP contribution in [0, 0.1) is 5.92 Å². The second kappa shape index (κ2) is 6.20. The lowest BCUT2D eigenvalue weighted by atomic mass is 9.75. The third-order valence-corrected chi connectivity index (χ3v) is 4.16. The lowest BCUT2D eigenvalue weighted by Crippen LogP contribution is -2.49. The lowest BCUT2D eigenvalue weighted by molar-refractivity contribution is -0.132. The Morgan fingerprint density at radius 3 is 2.82 bits per heavy atom. The third-order valence-electron chi connectivity index (χ3n) is 4.16. The number of carboxylic acids is 1. The van der Waals surface area contributed by atoms with E-state index in [1.54, 1.807) is 0 Å². The number of carbonyl (C=O) groups is 1. The second-order valence-electron chi connectivity index (χ2n) is 5.50. The summed E-state index contributed by atoms with van der Waals surface area (Å²) in [5.41, 5.74) is 0.552. The fraction of sp³-hybridized carbons (Fsp3) is 0.786. The standard InChI is InChI=1S/C14H25NO2/c1-11(13(16)17)7-6-10-15-14(3)9-5-4-8-12(14)2/h12,15H,1,4-10H2,2-3H3,(H,16,17). The Morgan fingerprint density at radius 1 is 1.53 bits per heavy atom. The van der Waals surface area contributed by atoms with Crippen LogP contribution in [-0.2, 0) is 4.79 Å². The van der Waals surface area contributed by atoms with Gasteiger partial charge in [-0.25, -0.2) is 4.79 Å². The molecule has 98 valence electrons. The Balaban J connectivity index is 2.25. The SMILES string of the molecule is C=C(CCCNC1(C)CCCCC1C)C(=O)O. The van der Waals surface area contributed by atoms with Gasteiger partial charge in [-0.1, -0.05) is 26.3 Å². The molecule has 0 aromatic rings. The van der Waals surface area contributed by atoms with Crippen molar-refractivity contribution in [3.63, 3.8) is 0 Å². The van der Waals surface area contributed by atoms with Gasteiger partial charge in [0.15, 0.2) is 0 Å². The van der Waals surface area contributed by atoms with Crippen LogP contribution < -0.4 is 5.32 Å². The molecule has 1 aliphatic rings. The summed E-state index contributed by atoms with van der Waals surface area (Å²) in [5.74, 6) is -0.166. The highest BCUT2D eigenvalue weighted by Crippen LogP contribution is 2.33. The highest BCUT2D eigenvalue weighted by atomic mass is 16.4. The van der Waals surface area contributed by atoms with Crippen LogP contribution in [0.5, 0.6) is 0 Å². The minimum atomic E-state index is -0.873. The van der Waals surface area contributed by atoms with Crippen LogP contribution in [0.15, 0.2) is 12.2 Å². The molecule has 2 atom stereocenters. The summed E-state index contributed by atoms with van der Waals surface area (Å²) in [6, 6.07) is 0. The molecule has 0 radical (unpaired) electrons. The number of rotatable bonds is 6. The van der Waals surface area contributed by atoms with E-state index in [1.165, 1.54) is 25.7 Å². The van der Waals surface area contributed by atoms with E-state index < -0.39 is 5.97 Å². The topological polar surface area (TPSA) is 49.3 Å². The molecular weight excluding hydrogens is 214 g/mol. The molecule has 0 heterocycles. The van der Waals surface area contributed by atoms with Crippen molar-refractivity contribution in [3.05, 3.63) is 12.2 Å². The van der Waals surface area contributed by atoms with Gasteiger partial charge in [-0.05, 0) is 45.1 Å². The molecular formula is C14H25NO2. The Morgan fingerprint density at radius 2 is 2.24 bits per heavy atom. The average Bonchev–Trinajstić information content (AvgIpc) is 2.28. The monoisotopic (exact) mass is 239 g/mol. The number of carboxylic acid groups (broad SMARTS) is 1. The highest BCUT2D eigenvalue weighted by molar-refractivity contribution is 5.85. The van der Waals surface area contributed by atoms with Crippen LogP contribution in [0.25, 0.3) is 0 Å². The van der Waals surface area contributed by atoms with E-state index in [9.17, 15) is 4.79 Å². The first-order chi connectivity index (χ1) is 7.96. The van der Waals surface area contributed by atoms with E-state index in [0.717, 1.165) is 13.0 Å². The maximum atomic E-state index is 10.6. The molecule has 0 bridgehead atoms. The third kappa shape index (κ3) is 4.15. The molecule has 1 fully saturated rings. The number of nitrogens with one attached hydrogen (secondary N) is 1. The number of hydrogen-bond acceptors (Lipinski definition) is 2. The summed E-state index contributed by atoms with van der Waals surface area (Å²) in [6.45, 7) is 9.03. The normalized spacial score (nSPS) is 28.9. The summed E-state index contributed by atoms with van der Waals surface area (Å²) < 4.78 is 0. The van der Waals surface area contributed by atoms with E-state index in [-0.39, 0.29) is 5.54 Å². The van der Waals surface area contributed by atoms with Crippen LogP contribution in [0.1, 0.15) is 52.4 Å². The maximum absolute atomic E-state index is 10.6. The molecule has 17 heavy (non-hydrogen) atoms. The fourth-order valence-corrected chi connectivity index (χ4v) is 2.55. The van der Waals surface area contributed by atoms with Gasteiger partial charge in [-0.3, -0.25) is 0 Å². The van der Waals surface area contributed by atoms with Crippen LogP contribution in [0.3, 0.4) is 0 Å². The zero-order chi connectivity index (χ0) is 12.9. The summed E-state index contributed by atoms with van der Waals surface area (Å²) in [6.07, 6.45) is 6.60. The van der Waals surface area contributed by atoms with Gasteiger partial charge in [-0.2, -0.15) is 0 Å². The minimum Gasteiger partial charge on any atom is -0.478 e. The highest BCUT2D eigenvalue weighted by Gasteiger charge is 2.32. The van der Waals surface area contributed by atoms with Crippen LogP contribution in [0.2, 0.25) is 0 Å². The molecule has 0 saturated heterocycles. The van der Waals surface area contributed by atoms with Crippen LogP contribution in [0.4, 0.5) is 0 Å². The molecule has 1 aliphatic carbocycles. The van der Waals surface area contributed by atoms with Gasteiger partial charge in [0.25, 0.3) is 0 Å². The van der Waals surface area contributed by atoms with Gasteiger partial charge in [0.2, 0.25) is 0 Å². The van der Waals surface area contributed by atoms with Crippen molar-refractivity contribution in [3.8, 4) is 0 Å². The van der Waals surface area contributed by atoms with E-state index in [2.05, 4.69) is 25.7 Å². The minimum absolute atomic E-state index is 0.239. The second-order valence-corrected chi connectivity index (χ2v) is 5.50. The zero-order valence-corrected chi connectivity index (χ0v) is 11.1. The van der Waals surface area contributed by atoms with Gasteiger partial charge >= 0.3 is 5.97 Å². The van der Waals surface area contributed by atoms with E-state index in [0.29, 0.717) is 17.9 Å². The van der Waals surface area contributed by atoms with Gasteiger partial charge in [0.05, 0.1) is 0 Å². The zero-order valence-electron chi connectivity index (χ0n) is 11.1. The molecule has 0 amide bonds. The summed E-state index contributed by atoms with van der Waals surface area (Å²) in [4.78, 5) is 10.6. The van der Waals surface area contributed by atoms with Crippen molar-refractivity contribution >= 4 is 5.97 Å². The van der Waals surface area contributed by atoms with Gasteiger partial charge in [0, 0.05) is 11.1 Å². The number of hydrogen-bond donors (Lipinski definition) is 2. The first-order valence-corrected chi connectivity index (χ1v) is 6.62. The summed E-state index contributed by atoms with van der Waals surface area (Å²) in [7, 11) is 0. The lowest BCUT2D eigenvalue weighted by Gasteiger charge is -2.40. The molecule has 2 N–H and O–H groups in total. The van der Waals surface area contributed by atoms with Gasteiger partial charge < -0.3 is 10.4 Å². The molecule has 0 aromatic heterocycles. The van der Waals surface area contributed by atoms with Crippen molar-refractivity contribution in [2.24, 2.45) is 5.92 Å². The smallest absolute Gasteiger partial charge is 0.330 e. The molecule has 0 aromatic carbocycles. The predicted molar refractivity (Wildman–Crippen MR) is 70.0 cm³/mol. The van der Waals surface area contributed by atoms with Crippen molar-refractivity contribution in [1.82, 2.24) is 5.32 Å². The van der Waals surface area contributed by atoms with Crippen LogP contribution >= 0.6 is 0 Å². The molecule has 1 rings (SSSR count). The summed E-state index contributed by atoms with van der Waals surface area (Å²) in [5, 5.41) is 12.3. The fourth-order valence-electron chi connectivity index (χ4n) is 2.55. The predicted octanol–water partition coefficient (Wildman–Crippen LogP) is 2.97. The van der Waals surface area contributed by atoms with Crippen molar-refractivity contribution in [2.45, 2.75) is 57.9 Å². The Hall–Kier alpha value is -0.830. The van der Waals surface area contributed by atoms with Crippen molar-refractivity contribution in [1.29, 1.82) is 0 Å². The quantitative estimate of drug-likeness (QED) is 0.553. The molecule has 2 unspecified atom stereocenters. The maximum Gasteiger partial charge on any atom is 0.330 e. The number of aliphatic carboxylic acids is 1. The average molecular weight is 239 g/mol. The Kier molecular flexibility index (Phi) is 5.19. The first kappa shape index (κ1) is 14.2. The van der Waals surface area contributed by atoms with E-state index >= 15 is 0 Å². The first-order valence-electron chi connectivity index (χ1n) is 6.62. The van der Waals surface area contributed by atoms with E-state index in [1.807, 2.05) is 0 Å². The molecule has 0 spiro atoms. The largest absolute Gasteiger partial charge is 0.478 e.